The monoisotopic (exact) mass is 415 g/mol. The number of benzene rings is 1. The van der Waals surface area contributed by atoms with E-state index in [4.69, 9.17) is 0 Å². The van der Waals surface area contributed by atoms with Gasteiger partial charge in [-0.15, -0.1) is 12.4 Å². The molecule has 28 heavy (non-hydrogen) atoms. The van der Waals surface area contributed by atoms with Crippen molar-refractivity contribution in [3.8, 4) is 0 Å². The van der Waals surface area contributed by atoms with E-state index in [0.717, 1.165) is 41.4 Å². The van der Waals surface area contributed by atoms with E-state index in [9.17, 15) is 4.79 Å². The Morgan fingerprint density at radius 1 is 1.11 bits per heavy atom. The van der Waals surface area contributed by atoms with Crippen molar-refractivity contribution in [1.82, 2.24) is 20.1 Å². The van der Waals surface area contributed by atoms with E-state index in [1.165, 1.54) is 0 Å². The molecular weight excluding hydrogens is 394 g/mol. The molecule has 1 atom stereocenters. The van der Waals surface area contributed by atoms with E-state index < -0.39 is 0 Å². The van der Waals surface area contributed by atoms with Gasteiger partial charge in [0.15, 0.2) is 5.69 Å². The van der Waals surface area contributed by atoms with Crippen molar-refractivity contribution in [2.45, 2.75) is 28.7 Å². The lowest BCUT2D eigenvalue weighted by Crippen LogP contribution is -2.32. The van der Waals surface area contributed by atoms with Crippen LogP contribution in [0.5, 0.6) is 0 Å². The number of hydrogen-bond acceptors (Lipinski definition) is 5. The van der Waals surface area contributed by atoms with Crippen LogP contribution in [0.1, 0.15) is 29.4 Å². The zero-order valence-electron chi connectivity index (χ0n) is 15.2. The van der Waals surface area contributed by atoms with Crippen molar-refractivity contribution in [2.75, 3.05) is 18.4 Å². The largest absolute Gasteiger partial charge is 0.321 e. The van der Waals surface area contributed by atoms with Crippen molar-refractivity contribution in [2.24, 2.45) is 0 Å². The summed E-state index contributed by atoms with van der Waals surface area (Å²) in [7, 11) is 0. The summed E-state index contributed by atoms with van der Waals surface area (Å²) in [6.45, 7) is 1.96. The fraction of sp³-hybridized carbons (Fsp3) is 0.250. The second-order valence-electron chi connectivity index (χ2n) is 6.44. The number of piperidine rings is 1. The van der Waals surface area contributed by atoms with Gasteiger partial charge in [-0.25, -0.2) is 0 Å². The molecule has 3 aromatic rings. The number of nitrogens with one attached hydrogen (secondary N) is 2. The van der Waals surface area contributed by atoms with Crippen molar-refractivity contribution >= 4 is 35.8 Å². The second kappa shape index (κ2) is 9.73. The van der Waals surface area contributed by atoms with Gasteiger partial charge in [0.1, 0.15) is 0 Å². The molecule has 1 saturated heterocycles. The van der Waals surface area contributed by atoms with E-state index in [2.05, 4.69) is 20.7 Å². The highest BCUT2D eigenvalue weighted by atomic mass is 35.5. The third-order valence-electron chi connectivity index (χ3n) is 4.48. The van der Waals surface area contributed by atoms with Crippen molar-refractivity contribution in [3.05, 3.63) is 66.7 Å². The maximum Gasteiger partial charge on any atom is 0.276 e. The highest BCUT2D eigenvalue weighted by Crippen LogP contribution is 2.28. The van der Waals surface area contributed by atoms with Crippen molar-refractivity contribution in [1.29, 1.82) is 0 Å². The summed E-state index contributed by atoms with van der Waals surface area (Å²) in [5, 5.41) is 10.7. The Morgan fingerprint density at radius 3 is 2.57 bits per heavy atom. The summed E-state index contributed by atoms with van der Waals surface area (Å²) in [5.74, 6) is -0.188. The number of rotatable bonds is 5. The molecule has 1 fully saturated rings. The molecule has 4 rings (SSSR count). The lowest BCUT2D eigenvalue weighted by atomic mass is 10.1. The molecule has 3 heterocycles. The van der Waals surface area contributed by atoms with Gasteiger partial charge in [0.05, 0.1) is 6.04 Å². The number of amides is 1. The predicted molar refractivity (Wildman–Crippen MR) is 113 cm³/mol. The topological polar surface area (TPSA) is 71.8 Å². The average Bonchev–Trinajstić information content (AvgIpc) is 3.21. The molecule has 146 valence electrons. The number of hydrogen-bond donors (Lipinski definition) is 2. The van der Waals surface area contributed by atoms with Crippen molar-refractivity contribution < 1.29 is 4.79 Å². The van der Waals surface area contributed by atoms with Gasteiger partial charge < -0.3 is 10.6 Å². The number of carbonyl (C=O) groups excluding carboxylic acids is 1. The van der Waals surface area contributed by atoms with Crippen LogP contribution in [0.2, 0.25) is 0 Å². The van der Waals surface area contributed by atoms with Gasteiger partial charge in [-0.1, -0.05) is 11.8 Å². The minimum absolute atomic E-state index is 0. The number of anilines is 1. The molecule has 1 aliphatic rings. The first-order chi connectivity index (χ1) is 13.3. The molecule has 1 unspecified atom stereocenters. The standard InChI is InChI=1S/C20H21N5OS.ClH/c26-20(19-9-13-25(24-19)16-2-1-10-22-14-16)23-15-3-5-17(6-4-15)27-18-7-11-21-12-8-18;/h3-9,11-13,16,22H,1-2,10,14H2,(H,23,26);1H. The van der Waals surface area contributed by atoms with Crippen LogP contribution in [-0.4, -0.2) is 33.8 Å². The van der Waals surface area contributed by atoms with E-state index in [1.807, 2.05) is 47.3 Å². The summed E-state index contributed by atoms with van der Waals surface area (Å²) in [4.78, 5) is 18.7. The second-order valence-corrected chi connectivity index (χ2v) is 7.59. The molecule has 1 amide bonds. The Kier molecular flexibility index (Phi) is 7.08. The predicted octanol–water partition coefficient (Wildman–Crippen LogP) is 4.03. The van der Waals surface area contributed by atoms with Gasteiger partial charge in [0, 0.05) is 40.6 Å². The van der Waals surface area contributed by atoms with Crippen LogP contribution in [0.3, 0.4) is 0 Å². The molecule has 1 aromatic carbocycles. The van der Waals surface area contributed by atoms with E-state index in [1.54, 1.807) is 30.2 Å². The molecule has 0 bridgehead atoms. The Labute approximate surface area is 174 Å². The van der Waals surface area contributed by atoms with Crippen LogP contribution in [0.15, 0.2) is 70.8 Å². The third kappa shape index (κ3) is 5.13. The zero-order chi connectivity index (χ0) is 18.5. The summed E-state index contributed by atoms with van der Waals surface area (Å²) in [6, 6.07) is 13.8. The van der Waals surface area contributed by atoms with Gasteiger partial charge in [-0.05, 0) is 61.9 Å². The van der Waals surface area contributed by atoms with E-state index >= 15 is 0 Å². The van der Waals surface area contributed by atoms with Crippen LogP contribution in [0.4, 0.5) is 5.69 Å². The first kappa shape index (κ1) is 20.4. The molecule has 0 saturated carbocycles. The third-order valence-corrected chi connectivity index (χ3v) is 5.50. The Morgan fingerprint density at radius 2 is 1.86 bits per heavy atom. The molecule has 1 aliphatic heterocycles. The van der Waals surface area contributed by atoms with Gasteiger partial charge in [0.25, 0.3) is 5.91 Å². The van der Waals surface area contributed by atoms with E-state index in [0.29, 0.717) is 11.7 Å². The molecule has 8 heteroatoms. The Bertz CT molecular complexity index is 894. The minimum atomic E-state index is -0.188. The molecule has 0 radical (unpaired) electrons. The average molecular weight is 416 g/mol. The number of pyridine rings is 1. The lowest BCUT2D eigenvalue weighted by molar-refractivity contribution is 0.102. The maximum absolute atomic E-state index is 12.5. The number of carbonyl (C=O) groups is 1. The molecule has 2 aromatic heterocycles. The fourth-order valence-electron chi connectivity index (χ4n) is 3.07. The summed E-state index contributed by atoms with van der Waals surface area (Å²) < 4.78 is 1.90. The smallest absolute Gasteiger partial charge is 0.276 e. The van der Waals surface area contributed by atoms with Gasteiger partial charge >= 0.3 is 0 Å². The van der Waals surface area contributed by atoms with Crippen LogP contribution in [-0.2, 0) is 0 Å². The molecular formula is C20H22ClN5OS. The van der Waals surface area contributed by atoms with Crippen LogP contribution >= 0.6 is 24.2 Å². The fourth-order valence-corrected chi connectivity index (χ4v) is 3.87. The molecule has 6 nitrogen and oxygen atoms in total. The normalized spacial score (nSPS) is 16.2. The molecule has 0 aliphatic carbocycles. The molecule has 2 N–H and O–H groups in total. The Hall–Kier alpha value is -2.35. The summed E-state index contributed by atoms with van der Waals surface area (Å²) in [6.07, 6.45) is 7.67. The van der Waals surface area contributed by atoms with Gasteiger partial charge in [-0.2, -0.15) is 5.10 Å². The van der Waals surface area contributed by atoms with Crippen LogP contribution < -0.4 is 10.6 Å². The van der Waals surface area contributed by atoms with Crippen molar-refractivity contribution in [3.63, 3.8) is 0 Å². The maximum atomic E-state index is 12.5. The summed E-state index contributed by atoms with van der Waals surface area (Å²) in [5.41, 5.74) is 1.20. The first-order valence-corrected chi connectivity index (χ1v) is 9.85. The minimum Gasteiger partial charge on any atom is -0.321 e. The van der Waals surface area contributed by atoms with Gasteiger partial charge in [0.2, 0.25) is 0 Å². The van der Waals surface area contributed by atoms with Gasteiger partial charge in [-0.3, -0.25) is 14.5 Å². The zero-order valence-corrected chi connectivity index (χ0v) is 16.9. The Balaban J connectivity index is 0.00000225. The highest BCUT2D eigenvalue weighted by Gasteiger charge is 2.17. The van der Waals surface area contributed by atoms with Crippen LogP contribution in [0.25, 0.3) is 0 Å². The first-order valence-electron chi connectivity index (χ1n) is 9.03. The van der Waals surface area contributed by atoms with E-state index in [-0.39, 0.29) is 18.3 Å². The highest BCUT2D eigenvalue weighted by molar-refractivity contribution is 7.99. The number of halogens is 1. The summed E-state index contributed by atoms with van der Waals surface area (Å²) >= 11 is 1.66. The number of aromatic nitrogens is 3. The molecule has 0 spiro atoms. The van der Waals surface area contributed by atoms with Crippen LogP contribution in [0, 0.1) is 0 Å². The SMILES string of the molecule is Cl.O=C(Nc1ccc(Sc2ccncc2)cc1)c1ccn(C2CCCNC2)n1. The quantitative estimate of drug-likeness (QED) is 0.658. The lowest BCUT2D eigenvalue weighted by Gasteiger charge is -2.22. The number of nitrogens with zero attached hydrogens (tertiary/aromatic N) is 3.